The molecule has 0 aromatic heterocycles. The van der Waals surface area contributed by atoms with Crippen LogP contribution in [-0.2, 0) is 14.3 Å². The molecule has 0 unspecified atom stereocenters. The highest BCUT2D eigenvalue weighted by atomic mass is 16.5. The summed E-state index contributed by atoms with van der Waals surface area (Å²) < 4.78 is 5.43. The molecule has 0 spiro atoms. The molecule has 0 bridgehead atoms. The predicted molar refractivity (Wildman–Crippen MR) is 103 cm³/mol. The Morgan fingerprint density at radius 3 is 2.44 bits per heavy atom. The number of hydrogen-bond donors (Lipinski definition) is 3. The zero-order valence-corrected chi connectivity index (χ0v) is 16.7. The summed E-state index contributed by atoms with van der Waals surface area (Å²) in [6.45, 7) is 9.84. The molecule has 1 aliphatic rings. The lowest BCUT2D eigenvalue weighted by atomic mass is 9.84. The lowest BCUT2D eigenvalue weighted by Gasteiger charge is -2.29. The quantitative estimate of drug-likeness (QED) is 0.393. The topological polar surface area (TPSA) is 104 Å². The molecule has 6 nitrogen and oxygen atoms in total. The van der Waals surface area contributed by atoms with Crippen LogP contribution in [0.15, 0.2) is 35.5 Å². The van der Waals surface area contributed by atoms with Gasteiger partial charge in [-0.15, -0.1) is 0 Å². The predicted octanol–water partition coefficient (Wildman–Crippen LogP) is 2.09. The van der Waals surface area contributed by atoms with Crippen LogP contribution < -0.4 is 0 Å². The van der Waals surface area contributed by atoms with Crippen molar-refractivity contribution in [2.75, 3.05) is 13.2 Å². The smallest absolute Gasteiger partial charge is 0.316 e. The molecular weight excluding hydrogens is 348 g/mol. The van der Waals surface area contributed by atoms with Crippen LogP contribution in [0, 0.1) is 11.8 Å². The average molecular weight is 380 g/mol. The van der Waals surface area contributed by atoms with Crippen LogP contribution in [0.2, 0.25) is 0 Å². The van der Waals surface area contributed by atoms with E-state index in [-0.39, 0.29) is 18.9 Å². The number of aliphatic hydroxyl groups is 3. The van der Waals surface area contributed by atoms with Gasteiger partial charge in [0.1, 0.15) is 12.0 Å². The van der Waals surface area contributed by atoms with E-state index in [1.165, 1.54) is 6.92 Å². The second-order valence-corrected chi connectivity index (χ2v) is 7.52. The fraction of sp³-hybridized carbons (Fsp3) is 0.619. The lowest BCUT2D eigenvalue weighted by molar-refractivity contribution is -0.162. The first-order chi connectivity index (χ1) is 12.6. The number of ether oxygens (including phenoxy) is 1. The van der Waals surface area contributed by atoms with Crippen molar-refractivity contribution in [1.29, 1.82) is 0 Å². The minimum absolute atomic E-state index is 0.0638. The number of Topliss-reactive ketones (excluding diaryl/α,β-unsaturated/α-hetero) is 1. The third-order valence-corrected chi connectivity index (χ3v) is 4.81. The normalized spacial score (nSPS) is 35.5. The Bertz CT molecular complexity index is 633. The minimum atomic E-state index is -2.04. The highest BCUT2D eigenvalue weighted by molar-refractivity contribution is 6.03. The number of esters is 1. The summed E-state index contributed by atoms with van der Waals surface area (Å²) in [4.78, 5) is 25.1. The van der Waals surface area contributed by atoms with Gasteiger partial charge in [0.15, 0.2) is 11.4 Å². The average Bonchev–Trinajstić information content (AvgIpc) is 2.61. The SMILES string of the molecule is C=C1/C=C(\CO)[C@H](CC)OC(=O)[C@H](C)C(=O)[C@@](O)(CO)C/C(C)=C/[C@@H](C)C1. The zero-order valence-electron chi connectivity index (χ0n) is 16.7. The molecule has 0 radical (unpaired) electrons. The van der Waals surface area contributed by atoms with E-state index in [0.717, 1.165) is 11.1 Å². The molecule has 4 atom stereocenters. The number of cyclic esters (lactones) is 1. The van der Waals surface area contributed by atoms with Crippen LogP contribution in [0.5, 0.6) is 0 Å². The van der Waals surface area contributed by atoms with Crippen molar-refractivity contribution in [3.8, 4) is 0 Å². The molecule has 0 saturated carbocycles. The maximum atomic E-state index is 12.7. The Kier molecular flexibility index (Phi) is 8.59. The van der Waals surface area contributed by atoms with E-state index in [4.69, 9.17) is 4.74 Å². The molecule has 0 aromatic rings. The molecule has 1 aliphatic heterocycles. The maximum Gasteiger partial charge on any atom is 0.316 e. The van der Waals surface area contributed by atoms with Crippen LogP contribution in [0.4, 0.5) is 0 Å². The molecule has 0 saturated heterocycles. The molecule has 0 amide bonds. The Labute approximate surface area is 161 Å². The number of hydrogen-bond acceptors (Lipinski definition) is 6. The molecule has 0 fully saturated rings. The van der Waals surface area contributed by atoms with Crippen molar-refractivity contribution in [2.24, 2.45) is 11.8 Å². The van der Waals surface area contributed by atoms with Crippen molar-refractivity contribution >= 4 is 11.8 Å². The first-order valence-corrected chi connectivity index (χ1v) is 9.32. The standard InChI is InChI=1S/C21H32O6/c1-6-18-17(11-22)9-14(3)7-13(2)8-15(4)10-21(26,12-23)19(24)16(5)20(25)27-18/h8-9,13,16,18,22-23,26H,3,6-7,10-12H2,1-2,4-5H3/b15-8+,17-9+/t13-,16+,18-,21-/m0/s1. The van der Waals surface area contributed by atoms with E-state index in [1.807, 2.05) is 13.0 Å². The first kappa shape index (κ1) is 23.3. The monoisotopic (exact) mass is 380 g/mol. The van der Waals surface area contributed by atoms with Crippen LogP contribution in [0.3, 0.4) is 0 Å². The van der Waals surface area contributed by atoms with E-state index >= 15 is 0 Å². The second-order valence-electron chi connectivity index (χ2n) is 7.52. The summed E-state index contributed by atoms with van der Waals surface area (Å²) in [7, 11) is 0. The van der Waals surface area contributed by atoms with Crippen molar-refractivity contribution in [3.63, 3.8) is 0 Å². The number of ketones is 1. The van der Waals surface area contributed by atoms with Gasteiger partial charge < -0.3 is 20.1 Å². The minimum Gasteiger partial charge on any atom is -0.457 e. The van der Waals surface area contributed by atoms with Gasteiger partial charge in [-0.05, 0) is 38.2 Å². The maximum absolute atomic E-state index is 12.7. The third-order valence-electron chi connectivity index (χ3n) is 4.81. The van der Waals surface area contributed by atoms with Crippen molar-refractivity contribution in [2.45, 2.75) is 58.7 Å². The Hall–Kier alpha value is -1.76. The van der Waals surface area contributed by atoms with Gasteiger partial charge >= 0.3 is 5.97 Å². The second kappa shape index (κ2) is 9.97. The number of allylic oxidation sites excluding steroid dienone is 3. The van der Waals surface area contributed by atoms with Gasteiger partial charge in [0.05, 0.1) is 13.2 Å². The molecule has 0 aliphatic carbocycles. The Morgan fingerprint density at radius 2 is 1.93 bits per heavy atom. The summed E-state index contributed by atoms with van der Waals surface area (Å²) >= 11 is 0. The summed E-state index contributed by atoms with van der Waals surface area (Å²) in [5, 5.41) is 30.0. The molecule has 27 heavy (non-hydrogen) atoms. The summed E-state index contributed by atoms with van der Waals surface area (Å²) in [6.07, 6.45) is 3.93. The van der Waals surface area contributed by atoms with E-state index in [1.54, 1.807) is 19.9 Å². The molecule has 152 valence electrons. The van der Waals surface area contributed by atoms with Crippen LogP contribution in [0.1, 0.15) is 47.0 Å². The Balaban J connectivity index is 3.37. The molecule has 0 aromatic carbocycles. The zero-order chi connectivity index (χ0) is 20.8. The number of rotatable bonds is 3. The molecule has 3 N–H and O–H groups in total. The van der Waals surface area contributed by atoms with Crippen LogP contribution >= 0.6 is 0 Å². The van der Waals surface area contributed by atoms with Crippen LogP contribution in [-0.4, -0.2) is 52.0 Å². The number of aliphatic hydroxyl groups excluding tert-OH is 2. The summed E-state index contributed by atoms with van der Waals surface area (Å²) in [5.41, 5.74) is -0.0192. The molecule has 1 rings (SSSR count). The summed E-state index contributed by atoms with van der Waals surface area (Å²) in [6, 6.07) is 0. The third kappa shape index (κ3) is 6.13. The molecule has 6 heteroatoms. The van der Waals surface area contributed by atoms with E-state index in [2.05, 4.69) is 6.58 Å². The highest BCUT2D eigenvalue weighted by Gasteiger charge is 2.42. The molecule has 1 heterocycles. The van der Waals surface area contributed by atoms with Gasteiger partial charge in [-0.25, -0.2) is 0 Å². The van der Waals surface area contributed by atoms with Crippen molar-refractivity contribution in [3.05, 3.63) is 35.5 Å². The van der Waals surface area contributed by atoms with E-state index in [0.29, 0.717) is 18.4 Å². The van der Waals surface area contributed by atoms with E-state index < -0.39 is 36.0 Å². The highest BCUT2D eigenvalue weighted by Crippen LogP contribution is 2.26. The lowest BCUT2D eigenvalue weighted by Crippen LogP contribution is -2.48. The van der Waals surface area contributed by atoms with Crippen molar-refractivity contribution in [1.82, 2.24) is 0 Å². The van der Waals surface area contributed by atoms with Gasteiger partial charge in [-0.2, -0.15) is 0 Å². The largest absolute Gasteiger partial charge is 0.457 e. The fourth-order valence-electron chi connectivity index (χ4n) is 3.43. The Morgan fingerprint density at radius 1 is 1.30 bits per heavy atom. The van der Waals surface area contributed by atoms with Gasteiger partial charge in [-0.1, -0.05) is 43.7 Å². The van der Waals surface area contributed by atoms with Crippen LogP contribution in [0.25, 0.3) is 0 Å². The fourth-order valence-corrected chi connectivity index (χ4v) is 3.43. The van der Waals surface area contributed by atoms with Crippen molar-refractivity contribution < 1.29 is 29.6 Å². The van der Waals surface area contributed by atoms with Gasteiger partial charge in [0, 0.05) is 6.42 Å². The number of carbonyl (C=O) groups excluding carboxylic acids is 2. The first-order valence-electron chi connectivity index (χ1n) is 9.32. The van der Waals surface area contributed by atoms with Gasteiger partial charge in [0.2, 0.25) is 0 Å². The van der Waals surface area contributed by atoms with Gasteiger partial charge in [0.25, 0.3) is 0 Å². The summed E-state index contributed by atoms with van der Waals surface area (Å²) in [5.74, 6) is -2.74. The number of carbonyl (C=O) groups is 2. The molecular formula is C21H32O6. The van der Waals surface area contributed by atoms with Gasteiger partial charge in [-0.3, -0.25) is 9.59 Å². The van der Waals surface area contributed by atoms with E-state index in [9.17, 15) is 24.9 Å².